The summed E-state index contributed by atoms with van der Waals surface area (Å²) in [6.07, 6.45) is 0.761. The van der Waals surface area contributed by atoms with Crippen LogP contribution in [0.15, 0.2) is 71.6 Å². The van der Waals surface area contributed by atoms with Crippen molar-refractivity contribution in [2.24, 2.45) is 0 Å². The van der Waals surface area contributed by atoms with E-state index in [0.717, 1.165) is 32.6 Å². The Morgan fingerprint density at radius 1 is 0.944 bits per heavy atom. The molecule has 36 heavy (non-hydrogen) atoms. The average Bonchev–Trinajstić information content (AvgIpc) is 2.86. The van der Waals surface area contributed by atoms with Gasteiger partial charge in [0.15, 0.2) is 0 Å². The Hall–Kier alpha value is -3.23. The van der Waals surface area contributed by atoms with E-state index in [2.05, 4.69) is 5.32 Å². The number of sulfonamides is 1. The first-order valence-electron chi connectivity index (χ1n) is 12.1. The maximum atomic E-state index is 13.5. The Morgan fingerprint density at radius 2 is 1.64 bits per heavy atom. The lowest BCUT2D eigenvalue weighted by Gasteiger charge is -2.31. The van der Waals surface area contributed by atoms with Gasteiger partial charge in [0, 0.05) is 19.6 Å². The van der Waals surface area contributed by atoms with Gasteiger partial charge in [-0.3, -0.25) is 9.59 Å². The van der Waals surface area contributed by atoms with Crippen molar-refractivity contribution in [3.63, 3.8) is 0 Å². The van der Waals surface area contributed by atoms with E-state index in [1.54, 1.807) is 25.1 Å². The van der Waals surface area contributed by atoms with E-state index >= 15 is 0 Å². The molecule has 192 valence electrons. The highest BCUT2D eigenvalue weighted by Gasteiger charge is 2.30. The van der Waals surface area contributed by atoms with Crippen LogP contribution < -0.4 is 5.32 Å². The van der Waals surface area contributed by atoms with Gasteiger partial charge in [-0.2, -0.15) is 4.31 Å². The molecule has 0 aromatic heterocycles. The predicted octanol–water partition coefficient (Wildman–Crippen LogP) is 4.10. The number of nitrogens with zero attached hydrogens (tertiary/aromatic N) is 2. The molecule has 0 aliphatic heterocycles. The standard InChI is InChI=1S/C28H35N3O4S/c1-6-21(3)29-28(33)22(4)31(18-23-11-9-10-20(2)16-23)27(32)19-30(5)36(34,35)26-15-14-24-12-7-8-13-25(24)17-26/h7-17,21-22H,6,18-19H2,1-5H3,(H,29,33)/t21-,22+/m1/s1. The zero-order valence-corrected chi connectivity index (χ0v) is 22.4. The fraction of sp³-hybridized carbons (Fsp3) is 0.357. The van der Waals surface area contributed by atoms with Gasteiger partial charge in [0.1, 0.15) is 6.04 Å². The maximum Gasteiger partial charge on any atom is 0.243 e. The summed E-state index contributed by atoms with van der Waals surface area (Å²) in [7, 11) is -2.54. The molecule has 0 saturated heterocycles. The van der Waals surface area contributed by atoms with Gasteiger partial charge in [-0.05, 0) is 55.7 Å². The second-order valence-corrected chi connectivity index (χ2v) is 11.3. The van der Waals surface area contributed by atoms with Crippen LogP contribution in [-0.4, -0.2) is 55.1 Å². The molecule has 7 nitrogen and oxygen atoms in total. The fourth-order valence-electron chi connectivity index (χ4n) is 3.93. The van der Waals surface area contributed by atoms with Crippen molar-refractivity contribution in [2.45, 2.75) is 57.6 Å². The third-order valence-electron chi connectivity index (χ3n) is 6.39. The van der Waals surface area contributed by atoms with E-state index in [9.17, 15) is 18.0 Å². The van der Waals surface area contributed by atoms with Crippen LogP contribution in [0.2, 0.25) is 0 Å². The molecule has 0 aliphatic rings. The molecule has 0 radical (unpaired) electrons. The molecule has 2 atom stereocenters. The second-order valence-electron chi connectivity index (χ2n) is 9.27. The smallest absolute Gasteiger partial charge is 0.243 e. The number of nitrogens with one attached hydrogen (secondary N) is 1. The van der Waals surface area contributed by atoms with Gasteiger partial charge in [-0.15, -0.1) is 0 Å². The Kier molecular flexibility index (Phi) is 8.87. The molecular weight excluding hydrogens is 474 g/mol. The second kappa shape index (κ2) is 11.7. The Morgan fingerprint density at radius 3 is 2.31 bits per heavy atom. The SMILES string of the molecule is CC[C@@H](C)NC(=O)[C@H](C)N(Cc1cccc(C)c1)C(=O)CN(C)S(=O)(=O)c1ccc2ccccc2c1. The van der Waals surface area contributed by atoms with Gasteiger partial charge in [-0.1, -0.05) is 67.1 Å². The molecule has 1 N–H and O–H groups in total. The molecular formula is C28H35N3O4S. The van der Waals surface area contributed by atoms with Crippen LogP contribution >= 0.6 is 0 Å². The zero-order chi connectivity index (χ0) is 26.5. The van der Waals surface area contributed by atoms with Crippen LogP contribution in [0, 0.1) is 6.92 Å². The number of hydrogen-bond acceptors (Lipinski definition) is 4. The van der Waals surface area contributed by atoms with E-state index < -0.39 is 22.0 Å². The van der Waals surface area contributed by atoms with Crippen molar-refractivity contribution in [2.75, 3.05) is 13.6 Å². The Labute approximate surface area is 214 Å². The van der Waals surface area contributed by atoms with Crippen molar-refractivity contribution in [1.82, 2.24) is 14.5 Å². The van der Waals surface area contributed by atoms with Crippen LogP contribution in [0.5, 0.6) is 0 Å². The van der Waals surface area contributed by atoms with Crippen molar-refractivity contribution < 1.29 is 18.0 Å². The van der Waals surface area contributed by atoms with E-state index in [1.165, 1.54) is 11.9 Å². The maximum absolute atomic E-state index is 13.5. The van der Waals surface area contributed by atoms with Crippen LogP contribution in [0.3, 0.4) is 0 Å². The lowest BCUT2D eigenvalue weighted by molar-refractivity contribution is -0.140. The van der Waals surface area contributed by atoms with Crippen LogP contribution in [0.1, 0.15) is 38.3 Å². The minimum Gasteiger partial charge on any atom is -0.352 e. The van der Waals surface area contributed by atoms with E-state index in [4.69, 9.17) is 0 Å². The predicted molar refractivity (Wildman–Crippen MR) is 143 cm³/mol. The van der Waals surface area contributed by atoms with Crippen LogP contribution in [0.25, 0.3) is 10.8 Å². The lowest BCUT2D eigenvalue weighted by Crippen LogP contribution is -2.51. The van der Waals surface area contributed by atoms with Crippen molar-refractivity contribution in [3.05, 3.63) is 77.9 Å². The molecule has 0 aliphatic carbocycles. The third-order valence-corrected chi connectivity index (χ3v) is 8.19. The molecule has 3 aromatic carbocycles. The monoisotopic (exact) mass is 509 g/mol. The van der Waals surface area contributed by atoms with E-state index in [1.807, 2.05) is 69.3 Å². The summed E-state index contributed by atoms with van der Waals surface area (Å²) < 4.78 is 27.6. The van der Waals surface area contributed by atoms with Gasteiger partial charge >= 0.3 is 0 Å². The molecule has 2 amide bonds. The van der Waals surface area contributed by atoms with Gasteiger partial charge in [0.2, 0.25) is 21.8 Å². The summed E-state index contributed by atoms with van der Waals surface area (Å²) in [5, 5.41) is 4.66. The molecule has 0 unspecified atom stereocenters. The quantitative estimate of drug-likeness (QED) is 0.446. The normalized spacial score (nSPS) is 13.4. The summed E-state index contributed by atoms with van der Waals surface area (Å²) >= 11 is 0. The minimum atomic E-state index is -3.92. The number of carbonyl (C=O) groups excluding carboxylic acids is 2. The largest absolute Gasteiger partial charge is 0.352 e. The van der Waals surface area contributed by atoms with E-state index in [-0.39, 0.29) is 29.9 Å². The number of likely N-dealkylation sites (N-methyl/N-ethyl adjacent to an activating group) is 1. The topological polar surface area (TPSA) is 86.8 Å². The summed E-state index contributed by atoms with van der Waals surface area (Å²) in [6.45, 7) is 7.31. The molecule has 8 heteroatoms. The van der Waals surface area contributed by atoms with E-state index in [0.29, 0.717) is 0 Å². The third kappa shape index (κ3) is 6.50. The number of fused-ring (bicyclic) bond motifs is 1. The Balaban J connectivity index is 1.85. The van der Waals surface area contributed by atoms with Crippen LogP contribution in [0.4, 0.5) is 0 Å². The summed E-state index contributed by atoms with van der Waals surface area (Å²) in [6, 6.07) is 19.3. The molecule has 0 bridgehead atoms. The fourth-order valence-corrected chi connectivity index (χ4v) is 5.09. The molecule has 0 heterocycles. The average molecular weight is 510 g/mol. The van der Waals surface area contributed by atoms with Crippen LogP contribution in [-0.2, 0) is 26.2 Å². The minimum absolute atomic E-state index is 0.0353. The van der Waals surface area contributed by atoms with Crippen molar-refractivity contribution in [1.29, 1.82) is 0 Å². The van der Waals surface area contributed by atoms with Gasteiger partial charge in [-0.25, -0.2) is 8.42 Å². The van der Waals surface area contributed by atoms with Gasteiger partial charge in [0.05, 0.1) is 11.4 Å². The first-order chi connectivity index (χ1) is 17.0. The first-order valence-corrected chi connectivity index (χ1v) is 13.6. The number of aryl methyl sites for hydroxylation is 1. The highest BCUT2D eigenvalue weighted by atomic mass is 32.2. The van der Waals surface area contributed by atoms with Crippen molar-refractivity contribution >= 4 is 32.6 Å². The van der Waals surface area contributed by atoms with Gasteiger partial charge < -0.3 is 10.2 Å². The zero-order valence-electron chi connectivity index (χ0n) is 21.6. The number of rotatable bonds is 10. The first kappa shape index (κ1) is 27.4. The molecule has 0 spiro atoms. The number of amides is 2. The number of hydrogen-bond donors (Lipinski definition) is 1. The summed E-state index contributed by atoms with van der Waals surface area (Å²) in [4.78, 5) is 27.9. The number of carbonyl (C=O) groups is 2. The number of benzene rings is 3. The lowest BCUT2D eigenvalue weighted by atomic mass is 10.1. The molecule has 3 rings (SSSR count). The van der Waals surface area contributed by atoms with Crippen molar-refractivity contribution in [3.8, 4) is 0 Å². The summed E-state index contributed by atoms with van der Waals surface area (Å²) in [5.74, 6) is -0.722. The molecule has 3 aromatic rings. The Bertz CT molecular complexity index is 1340. The highest BCUT2D eigenvalue weighted by Crippen LogP contribution is 2.22. The summed E-state index contributed by atoms with van der Waals surface area (Å²) in [5.41, 5.74) is 1.90. The van der Waals surface area contributed by atoms with Gasteiger partial charge in [0.25, 0.3) is 0 Å². The molecule has 0 fully saturated rings. The molecule has 0 saturated carbocycles. The highest BCUT2D eigenvalue weighted by molar-refractivity contribution is 7.89.